The predicted octanol–water partition coefficient (Wildman–Crippen LogP) is 3.35. The smallest absolute Gasteiger partial charge is 0.308 e. The zero-order chi connectivity index (χ0) is 13.1. The van der Waals surface area contributed by atoms with Crippen molar-refractivity contribution in [1.82, 2.24) is 0 Å². The molecule has 1 aromatic carbocycles. The Hall–Kier alpha value is -1.38. The summed E-state index contributed by atoms with van der Waals surface area (Å²) < 4.78 is 18.2. The molecule has 0 atom stereocenters. The number of halogens is 1. The molecule has 0 aliphatic rings. The summed E-state index contributed by atoms with van der Waals surface area (Å²) in [4.78, 5) is 11.5. The maximum absolute atomic E-state index is 12.8. The Morgan fingerprint density at radius 2 is 1.82 bits per heavy atom. The second-order valence-electron chi connectivity index (χ2n) is 5.14. The average molecular weight is 238 g/mol. The Morgan fingerprint density at radius 3 is 2.29 bits per heavy atom. The molecule has 0 fully saturated rings. The molecule has 0 saturated carbocycles. The van der Waals surface area contributed by atoms with Gasteiger partial charge in [-0.05, 0) is 31.5 Å². The third-order valence-corrected chi connectivity index (χ3v) is 2.39. The lowest BCUT2D eigenvalue weighted by atomic mass is 9.98. The van der Waals surface area contributed by atoms with Gasteiger partial charge in [0, 0.05) is 6.42 Å². The molecule has 0 unspecified atom stereocenters. The van der Waals surface area contributed by atoms with Gasteiger partial charge in [-0.25, -0.2) is 4.39 Å². The lowest BCUT2D eigenvalue weighted by Gasteiger charge is -2.26. The molecule has 0 bridgehead atoms. The van der Waals surface area contributed by atoms with E-state index in [4.69, 9.17) is 4.74 Å². The van der Waals surface area contributed by atoms with E-state index >= 15 is 0 Å². The Balaban J connectivity index is 2.66. The molecular weight excluding hydrogens is 219 g/mol. The van der Waals surface area contributed by atoms with Gasteiger partial charge in [-0.1, -0.05) is 26.0 Å². The minimum absolute atomic E-state index is 0.137. The van der Waals surface area contributed by atoms with E-state index in [0.717, 1.165) is 5.56 Å². The molecule has 3 heteroatoms. The number of ether oxygens (including phenoxy) is 1. The second-order valence-corrected chi connectivity index (χ2v) is 5.14. The summed E-state index contributed by atoms with van der Waals surface area (Å²) in [5.74, 6) is -0.606. The molecule has 1 rings (SSSR count). The highest BCUT2D eigenvalue weighted by atomic mass is 19.1. The fourth-order valence-electron chi connectivity index (χ4n) is 1.52. The molecule has 0 N–H and O–H groups in total. The SMILES string of the molecule is CC(C)C(=O)OC(C)(C)Cc1ccc(F)cc1. The summed E-state index contributed by atoms with van der Waals surface area (Å²) in [6, 6.07) is 6.24. The van der Waals surface area contributed by atoms with Crippen LogP contribution in [0.1, 0.15) is 33.3 Å². The molecule has 0 aliphatic heterocycles. The van der Waals surface area contributed by atoms with Crippen molar-refractivity contribution in [2.75, 3.05) is 0 Å². The number of rotatable bonds is 4. The molecule has 0 saturated heterocycles. The van der Waals surface area contributed by atoms with Crippen LogP contribution < -0.4 is 0 Å². The second kappa shape index (κ2) is 5.30. The van der Waals surface area contributed by atoms with Crippen LogP contribution >= 0.6 is 0 Å². The molecule has 0 spiro atoms. The van der Waals surface area contributed by atoms with E-state index in [9.17, 15) is 9.18 Å². The van der Waals surface area contributed by atoms with Crippen molar-refractivity contribution in [3.63, 3.8) is 0 Å². The minimum atomic E-state index is -0.570. The number of esters is 1. The van der Waals surface area contributed by atoms with E-state index in [-0.39, 0.29) is 17.7 Å². The first-order chi connectivity index (χ1) is 7.80. The first-order valence-electron chi connectivity index (χ1n) is 5.77. The molecule has 0 heterocycles. The van der Waals surface area contributed by atoms with Gasteiger partial charge in [0.2, 0.25) is 0 Å². The first kappa shape index (κ1) is 13.7. The molecule has 17 heavy (non-hydrogen) atoms. The Labute approximate surface area is 102 Å². The van der Waals surface area contributed by atoms with Gasteiger partial charge in [0.25, 0.3) is 0 Å². The van der Waals surface area contributed by atoms with Crippen LogP contribution in [-0.4, -0.2) is 11.6 Å². The van der Waals surface area contributed by atoms with Gasteiger partial charge < -0.3 is 4.74 Å². The number of benzene rings is 1. The standard InChI is InChI=1S/C14H19FO2/c1-10(2)13(16)17-14(3,4)9-11-5-7-12(15)8-6-11/h5-8,10H,9H2,1-4H3. The zero-order valence-corrected chi connectivity index (χ0v) is 10.8. The molecule has 0 radical (unpaired) electrons. The van der Waals surface area contributed by atoms with Crippen LogP contribution in [0.4, 0.5) is 4.39 Å². The highest BCUT2D eigenvalue weighted by molar-refractivity contribution is 5.72. The lowest BCUT2D eigenvalue weighted by Crippen LogP contribution is -2.32. The fourth-order valence-corrected chi connectivity index (χ4v) is 1.52. The maximum Gasteiger partial charge on any atom is 0.308 e. The molecule has 0 aliphatic carbocycles. The van der Waals surface area contributed by atoms with Gasteiger partial charge >= 0.3 is 5.97 Å². The molecule has 94 valence electrons. The summed E-state index contributed by atoms with van der Waals surface area (Å²) in [5.41, 5.74) is 0.382. The number of hydrogen-bond donors (Lipinski definition) is 0. The fraction of sp³-hybridized carbons (Fsp3) is 0.500. The van der Waals surface area contributed by atoms with Gasteiger partial charge in [-0.2, -0.15) is 0 Å². The third-order valence-electron chi connectivity index (χ3n) is 2.39. The van der Waals surface area contributed by atoms with E-state index in [2.05, 4.69) is 0 Å². The van der Waals surface area contributed by atoms with Crippen LogP contribution in [0.15, 0.2) is 24.3 Å². The summed E-state index contributed by atoms with van der Waals surface area (Å²) in [6.45, 7) is 7.32. The summed E-state index contributed by atoms with van der Waals surface area (Å²) in [6.07, 6.45) is 0.575. The average Bonchev–Trinajstić information content (AvgIpc) is 2.20. The monoisotopic (exact) mass is 238 g/mol. The maximum atomic E-state index is 12.8. The quantitative estimate of drug-likeness (QED) is 0.752. The van der Waals surface area contributed by atoms with Crippen molar-refractivity contribution in [3.05, 3.63) is 35.6 Å². The molecule has 1 aromatic rings. The lowest BCUT2D eigenvalue weighted by molar-refractivity contribution is -0.160. The molecule has 0 amide bonds. The summed E-state index contributed by atoms with van der Waals surface area (Å²) >= 11 is 0. The van der Waals surface area contributed by atoms with E-state index in [0.29, 0.717) is 6.42 Å². The summed E-state index contributed by atoms with van der Waals surface area (Å²) in [7, 11) is 0. The normalized spacial score (nSPS) is 11.6. The van der Waals surface area contributed by atoms with Gasteiger partial charge in [0.15, 0.2) is 0 Å². The van der Waals surface area contributed by atoms with Crippen LogP contribution in [-0.2, 0) is 16.0 Å². The zero-order valence-electron chi connectivity index (χ0n) is 10.8. The van der Waals surface area contributed by atoms with Crippen LogP contribution in [0.3, 0.4) is 0 Å². The van der Waals surface area contributed by atoms with Crippen LogP contribution in [0.5, 0.6) is 0 Å². The van der Waals surface area contributed by atoms with Crippen molar-refractivity contribution in [3.8, 4) is 0 Å². The largest absolute Gasteiger partial charge is 0.459 e. The van der Waals surface area contributed by atoms with Crippen molar-refractivity contribution >= 4 is 5.97 Å². The van der Waals surface area contributed by atoms with Crippen molar-refractivity contribution in [1.29, 1.82) is 0 Å². The highest BCUT2D eigenvalue weighted by Crippen LogP contribution is 2.19. The number of hydrogen-bond acceptors (Lipinski definition) is 2. The Morgan fingerprint density at radius 1 is 1.29 bits per heavy atom. The van der Waals surface area contributed by atoms with Crippen LogP contribution in [0.25, 0.3) is 0 Å². The summed E-state index contributed by atoms with van der Waals surface area (Å²) in [5, 5.41) is 0. The van der Waals surface area contributed by atoms with E-state index in [1.807, 2.05) is 13.8 Å². The molecule has 0 aromatic heterocycles. The Kier molecular flexibility index (Phi) is 4.27. The Bertz CT molecular complexity index is 380. The van der Waals surface area contributed by atoms with Crippen LogP contribution in [0.2, 0.25) is 0 Å². The van der Waals surface area contributed by atoms with E-state index in [1.54, 1.807) is 26.0 Å². The van der Waals surface area contributed by atoms with E-state index in [1.165, 1.54) is 12.1 Å². The van der Waals surface area contributed by atoms with Crippen molar-refractivity contribution in [2.45, 2.75) is 39.7 Å². The van der Waals surface area contributed by atoms with Gasteiger partial charge in [-0.15, -0.1) is 0 Å². The number of carbonyl (C=O) groups is 1. The highest BCUT2D eigenvalue weighted by Gasteiger charge is 2.24. The van der Waals surface area contributed by atoms with Gasteiger partial charge in [-0.3, -0.25) is 4.79 Å². The van der Waals surface area contributed by atoms with E-state index < -0.39 is 5.60 Å². The third kappa shape index (κ3) is 4.55. The van der Waals surface area contributed by atoms with Crippen molar-refractivity contribution < 1.29 is 13.9 Å². The first-order valence-corrected chi connectivity index (χ1v) is 5.77. The topological polar surface area (TPSA) is 26.3 Å². The molecule has 2 nitrogen and oxygen atoms in total. The van der Waals surface area contributed by atoms with Crippen molar-refractivity contribution in [2.24, 2.45) is 5.92 Å². The van der Waals surface area contributed by atoms with Gasteiger partial charge in [0.05, 0.1) is 5.92 Å². The minimum Gasteiger partial charge on any atom is -0.459 e. The van der Waals surface area contributed by atoms with Crippen LogP contribution in [0, 0.1) is 11.7 Å². The van der Waals surface area contributed by atoms with Gasteiger partial charge in [0.1, 0.15) is 11.4 Å². The predicted molar refractivity (Wildman–Crippen MR) is 65.1 cm³/mol. The molecular formula is C14H19FO2. The number of carbonyl (C=O) groups excluding carboxylic acids is 1.